The molecule has 1 aromatic carbocycles. The number of esters is 1. The van der Waals surface area contributed by atoms with Gasteiger partial charge in [0, 0.05) is 0 Å². The molecule has 45 heavy (non-hydrogen) atoms. The molecule has 1 aliphatic rings. The Bertz CT molecular complexity index is 1030. The third-order valence-corrected chi connectivity index (χ3v) is 9.13. The quantitative estimate of drug-likeness (QED) is 0.0872. The van der Waals surface area contributed by atoms with Crippen LogP contribution in [0.25, 0.3) is 0 Å². The molecule has 6 N–H and O–H groups in total. The van der Waals surface area contributed by atoms with Crippen molar-refractivity contribution < 1.29 is 39.5 Å². The Morgan fingerprint density at radius 3 is 1.93 bits per heavy atom. The monoisotopic (exact) mass is 637 g/mol. The Kier molecular flexibility index (Phi) is 18.3. The van der Waals surface area contributed by atoms with Crippen LogP contribution in [0, 0.1) is 31.6 Å². The number of hydrogen-bond acceptors (Lipinski definition) is 8. The number of hydrogen-bond donors (Lipinski definition) is 5. The van der Waals surface area contributed by atoms with E-state index in [2.05, 4.69) is 34.6 Å². The molecule has 0 saturated heterocycles. The summed E-state index contributed by atoms with van der Waals surface area (Å²) in [7, 11) is 0. The van der Waals surface area contributed by atoms with Crippen LogP contribution >= 0.6 is 0 Å². The number of aryl methyl sites for hydroxylation is 1. The predicted octanol–water partition coefficient (Wildman–Crippen LogP) is 6.26. The summed E-state index contributed by atoms with van der Waals surface area (Å²) < 4.78 is 12.1. The highest BCUT2D eigenvalue weighted by Crippen LogP contribution is 2.42. The molecule has 1 aromatic rings. The van der Waals surface area contributed by atoms with E-state index in [9.17, 15) is 9.59 Å². The van der Waals surface area contributed by atoms with Crippen molar-refractivity contribution in [3.8, 4) is 11.5 Å². The number of fused-ring (bicyclic) bond motifs is 1. The molecule has 0 saturated carbocycles. The summed E-state index contributed by atoms with van der Waals surface area (Å²) in [4.78, 5) is 22.8. The van der Waals surface area contributed by atoms with Crippen LogP contribution in [-0.2, 0) is 16.0 Å². The summed E-state index contributed by atoms with van der Waals surface area (Å²) in [5.74, 6) is 2.35. The van der Waals surface area contributed by atoms with Crippen LogP contribution in [0.2, 0.25) is 0 Å². The highest BCUT2D eigenvalue weighted by Gasteiger charge is 2.33. The van der Waals surface area contributed by atoms with E-state index in [4.69, 9.17) is 35.6 Å². The largest absolute Gasteiger partial charge is 0.487 e. The zero-order chi connectivity index (χ0) is 34.2. The first kappa shape index (κ1) is 40.8. The van der Waals surface area contributed by atoms with Crippen LogP contribution in [0.3, 0.4) is 0 Å². The standard InChI is InChI=1S/C32H52O5.C4H11NO3/c1-22(2)11-8-12-23(3)13-9-14-24(4)15-10-19-32(7)20-18-27-21-28(25(5)26(6)31(27)37-32)36-30(35)17-16-29(33)34;5-4(1-6,2-7)3-8/h21-24H,8-20H2,1-7H3,(H,33,34);6-8H,1-3,5H2. The van der Waals surface area contributed by atoms with Crippen LogP contribution in [0.15, 0.2) is 6.07 Å². The molecule has 260 valence electrons. The summed E-state index contributed by atoms with van der Waals surface area (Å²) in [6.07, 6.45) is 13.1. The van der Waals surface area contributed by atoms with Gasteiger partial charge in [0.2, 0.25) is 0 Å². The maximum absolute atomic E-state index is 12.1. The SMILES string of the molecule is Cc1c(OC(=O)CCC(=O)O)cc2c(c1C)OC(C)(CCCC(C)CCCC(C)CCCC(C)C)CC2.NC(CO)(CO)CO. The van der Waals surface area contributed by atoms with Gasteiger partial charge in [-0.15, -0.1) is 0 Å². The van der Waals surface area contributed by atoms with E-state index in [1.165, 1.54) is 51.4 Å². The van der Waals surface area contributed by atoms with E-state index in [0.29, 0.717) is 5.75 Å². The molecule has 1 aliphatic heterocycles. The van der Waals surface area contributed by atoms with Gasteiger partial charge in [-0.2, -0.15) is 0 Å². The topological polar surface area (TPSA) is 160 Å². The lowest BCUT2D eigenvalue weighted by molar-refractivity contribution is -0.142. The van der Waals surface area contributed by atoms with Gasteiger partial charge in [0.1, 0.15) is 17.1 Å². The Morgan fingerprint density at radius 2 is 1.44 bits per heavy atom. The highest BCUT2D eigenvalue weighted by atomic mass is 16.5. The molecule has 0 aromatic heterocycles. The maximum atomic E-state index is 12.1. The molecule has 0 amide bonds. The molecule has 3 unspecified atom stereocenters. The first-order chi connectivity index (χ1) is 21.1. The fraction of sp³-hybridized carbons (Fsp3) is 0.778. The summed E-state index contributed by atoms with van der Waals surface area (Å²) in [6.45, 7) is 14.4. The van der Waals surface area contributed by atoms with Gasteiger partial charge in [0.15, 0.2) is 0 Å². The van der Waals surface area contributed by atoms with Crippen molar-refractivity contribution in [2.45, 2.75) is 143 Å². The summed E-state index contributed by atoms with van der Waals surface area (Å²) >= 11 is 0. The molecule has 0 fully saturated rings. The van der Waals surface area contributed by atoms with Crippen molar-refractivity contribution in [3.05, 3.63) is 22.8 Å². The van der Waals surface area contributed by atoms with Gasteiger partial charge >= 0.3 is 11.9 Å². The van der Waals surface area contributed by atoms with E-state index in [0.717, 1.165) is 59.5 Å². The van der Waals surface area contributed by atoms with Gasteiger partial charge in [-0.3, -0.25) is 9.59 Å². The molecule has 0 aliphatic carbocycles. The normalized spacial score (nSPS) is 17.5. The Morgan fingerprint density at radius 1 is 0.911 bits per heavy atom. The minimum Gasteiger partial charge on any atom is -0.487 e. The lowest BCUT2D eigenvalue weighted by atomic mass is 9.85. The fourth-order valence-corrected chi connectivity index (χ4v) is 5.57. The van der Waals surface area contributed by atoms with Crippen molar-refractivity contribution in [3.63, 3.8) is 0 Å². The van der Waals surface area contributed by atoms with E-state index < -0.39 is 37.3 Å². The Balaban J connectivity index is 0.00000111. The zero-order valence-electron chi connectivity index (χ0n) is 29.1. The number of aliphatic hydroxyl groups excluding tert-OH is 3. The molecule has 1 heterocycles. The highest BCUT2D eigenvalue weighted by molar-refractivity contribution is 5.78. The summed E-state index contributed by atoms with van der Waals surface area (Å²) in [5.41, 5.74) is 6.71. The number of ether oxygens (including phenoxy) is 2. The average Bonchev–Trinajstić information content (AvgIpc) is 2.99. The minimum absolute atomic E-state index is 0.130. The van der Waals surface area contributed by atoms with Crippen molar-refractivity contribution >= 4 is 11.9 Å². The third kappa shape index (κ3) is 15.3. The first-order valence-corrected chi connectivity index (χ1v) is 16.9. The number of aliphatic hydroxyl groups is 3. The lowest BCUT2D eigenvalue weighted by Crippen LogP contribution is -2.50. The fourth-order valence-electron chi connectivity index (χ4n) is 5.57. The number of benzene rings is 1. The number of carbonyl (C=O) groups is 2. The van der Waals surface area contributed by atoms with Crippen LogP contribution in [-0.4, -0.2) is 63.3 Å². The van der Waals surface area contributed by atoms with Crippen LogP contribution < -0.4 is 15.2 Å². The van der Waals surface area contributed by atoms with Crippen LogP contribution in [0.5, 0.6) is 11.5 Å². The summed E-state index contributed by atoms with van der Waals surface area (Å²) in [6, 6.07) is 1.90. The number of nitrogens with two attached hydrogens (primary N) is 1. The first-order valence-electron chi connectivity index (χ1n) is 16.9. The molecule has 0 radical (unpaired) electrons. The van der Waals surface area contributed by atoms with E-state index >= 15 is 0 Å². The third-order valence-electron chi connectivity index (χ3n) is 9.13. The van der Waals surface area contributed by atoms with Crippen LogP contribution in [0.1, 0.15) is 128 Å². The van der Waals surface area contributed by atoms with Crippen molar-refractivity contribution in [1.82, 2.24) is 0 Å². The predicted molar refractivity (Wildman–Crippen MR) is 179 cm³/mol. The second-order valence-electron chi connectivity index (χ2n) is 14.2. The summed E-state index contributed by atoms with van der Waals surface area (Å²) in [5, 5.41) is 33.8. The number of carboxylic acids is 1. The van der Waals surface area contributed by atoms with Gasteiger partial charge in [-0.25, -0.2) is 0 Å². The number of aliphatic carboxylic acids is 1. The smallest absolute Gasteiger partial charge is 0.311 e. The average molecular weight is 638 g/mol. The molecule has 0 bridgehead atoms. The molecule has 9 nitrogen and oxygen atoms in total. The molecule has 3 atom stereocenters. The maximum Gasteiger partial charge on any atom is 0.311 e. The Hall–Kier alpha value is -2.20. The van der Waals surface area contributed by atoms with Gasteiger partial charge in [-0.05, 0) is 87.0 Å². The second kappa shape index (κ2) is 20.1. The Labute approximate surface area is 271 Å². The number of carbonyl (C=O) groups excluding carboxylic acids is 1. The number of rotatable bonds is 19. The second-order valence-corrected chi connectivity index (χ2v) is 14.2. The van der Waals surface area contributed by atoms with E-state index in [1.54, 1.807) is 0 Å². The molecule has 9 heteroatoms. The molecular formula is C36H63NO8. The van der Waals surface area contributed by atoms with Crippen molar-refractivity contribution in [2.75, 3.05) is 19.8 Å². The van der Waals surface area contributed by atoms with Crippen LogP contribution in [0.4, 0.5) is 0 Å². The van der Waals surface area contributed by atoms with Gasteiger partial charge in [-0.1, -0.05) is 72.6 Å². The van der Waals surface area contributed by atoms with Crippen molar-refractivity contribution in [2.24, 2.45) is 23.5 Å². The minimum atomic E-state index is -1.21. The molecule has 2 rings (SSSR count). The van der Waals surface area contributed by atoms with E-state index in [1.807, 2.05) is 19.9 Å². The van der Waals surface area contributed by atoms with Crippen molar-refractivity contribution in [1.29, 1.82) is 0 Å². The van der Waals surface area contributed by atoms with Gasteiger partial charge in [0.05, 0.1) is 38.2 Å². The lowest BCUT2D eigenvalue weighted by Gasteiger charge is -2.37. The van der Waals surface area contributed by atoms with Gasteiger partial charge in [0.25, 0.3) is 0 Å². The zero-order valence-corrected chi connectivity index (χ0v) is 29.1. The number of carboxylic acid groups (broad SMARTS) is 1. The van der Waals surface area contributed by atoms with Gasteiger partial charge < -0.3 is 35.6 Å². The van der Waals surface area contributed by atoms with E-state index in [-0.39, 0.29) is 18.4 Å². The molecule has 0 spiro atoms. The molecular weight excluding hydrogens is 574 g/mol.